The summed E-state index contributed by atoms with van der Waals surface area (Å²) in [6.07, 6.45) is 1.06. The Bertz CT molecular complexity index is 701. The van der Waals surface area contributed by atoms with Crippen molar-refractivity contribution < 1.29 is 21.6 Å². The number of para-hydroxylation sites is 2. The van der Waals surface area contributed by atoms with Crippen molar-refractivity contribution in [3.05, 3.63) is 24.3 Å². The third-order valence-corrected chi connectivity index (χ3v) is 5.54. The van der Waals surface area contributed by atoms with Gasteiger partial charge in [0.15, 0.2) is 0 Å². The summed E-state index contributed by atoms with van der Waals surface area (Å²) in [6, 6.07) is 6.63. The first-order valence-corrected chi connectivity index (χ1v) is 9.66. The third kappa shape index (κ3) is 4.83. The van der Waals surface area contributed by atoms with Gasteiger partial charge in [-0.2, -0.15) is 12.7 Å². The van der Waals surface area contributed by atoms with Crippen molar-refractivity contribution in [3.63, 3.8) is 0 Å². The topological polar surface area (TPSA) is 96.0 Å². The van der Waals surface area contributed by atoms with Crippen LogP contribution in [0.2, 0.25) is 0 Å². The number of nitrogens with zero attached hydrogens (tertiary/aromatic N) is 2. The van der Waals surface area contributed by atoms with Crippen LogP contribution < -0.4 is 13.8 Å². The number of benzene rings is 1. The zero-order chi connectivity index (χ0) is 17.0. The molecule has 1 aromatic carbocycles. The lowest BCUT2D eigenvalue weighted by Gasteiger charge is -2.24. The highest BCUT2D eigenvalue weighted by Crippen LogP contribution is 2.29. The Labute approximate surface area is 131 Å². The molecule has 0 spiro atoms. The van der Waals surface area contributed by atoms with E-state index in [-0.39, 0.29) is 13.1 Å². The smallest absolute Gasteiger partial charge is 0.278 e. The van der Waals surface area contributed by atoms with Crippen molar-refractivity contribution in [2.45, 2.75) is 0 Å². The molecule has 0 aliphatic heterocycles. The SMILES string of the molecule is COc1ccccc1N(CCNS(=O)(=O)N(C)C)S(C)(=O)=O. The summed E-state index contributed by atoms with van der Waals surface area (Å²) in [7, 11) is -2.98. The van der Waals surface area contributed by atoms with E-state index < -0.39 is 20.2 Å². The van der Waals surface area contributed by atoms with E-state index in [0.29, 0.717) is 11.4 Å². The van der Waals surface area contributed by atoms with Gasteiger partial charge in [-0.25, -0.2) is 13.1 Å². The van der Waals surface area contributed by atoms with E-state index in [9.17, 15) is 16.8 Å². The Morgan fingerprint density at radius 1 is 1.14 bits per heavy atom. The lowest BCUT2D eigenvalue weighted by molar-refractivity contribution is 0.415. The number of rotatable bonds is 8. The minimum Gasteiger partial charge on any atom is -0.495 e. The fourth-order valence-electron chi connectivity index (χ4n) is 1.71. The lowest BCUT2D eigenvalue weighted by Crippen LogP contribution is -2.42. The van der Waals surface area contributed by atoms with Gasteiger partial charge < -0.3 is 4.74 Å². The predicted molar refractivity (Wildman–Crippen MR) is 85.8 cm³/mol. The first kappa shape index (κ1) is 18.7. The van der Waals surface area contributed by atoms with Crippen LogP contribution in [0.4, 0.5) is 5.69 Å². The minimum atomic E-state index is -3.61. The standard InChI is InChI=1S/C12H21N3O5S2/c1-14(2)22(18,19)13-9-10-15(21(4,16)17)11-7-5-6-8-12(11)20-3/h5-8,13H,9-10H2,1-4H3. The average Bonchev–Trinajstić information content (AvgIpc) is 2.42. The molecule has 0 heterocycles. The molecular formula is C12H21N3O5S2. The van der Waals surface area contributed by atoms with Gasteiger partial charge in [-0.05, 0) is 12.1 Å². The predicted octanol–water partition coefficient (Wildman–Crippen LogP) is -0.143. The maximum atomic E-state index is 12.0. The highest BCUT2D eigenvalue weighted by Gasteiger charge is 2.21. The summed E-state index contributed by atoms with van der Waals surface area (Å²) >= 11 is 0. The molecule has 0 fully saturated rings. The quantitative estimate of drug-likeness (QED) is 0.703. The highest BCUT2D eigenvalue weighted by molar-refractivity contribution is 7.92. The molecule has 1 aromatic rings. The third-order valence-electron chi connectivity index (χ3n) is 2.83. The molecule has 0 amide bonds. The second-order valence-corrected chi connectivity index (χ2v) is 8.56. The molecule has 1 rings (SSSR count). The Balaban J connectivity index is 2.98. The summed E-state index contributed by atoms with van der Waals surface area (Å²) < 4.78 is 56.8. The second kappa shape index (κ2) is 7.27. The molecule has 0 unspecified atom stereocenters. The molecule has 0 aromatic heterocycles. The van der Waals surface area contributed by atoms with Crippen molar-refractivity contribution >= 4 is 25.9 Å². The molecule has 0 saturated heterocycles. The number of anilines is 1. The molecule has 0 bridgehead atoms. The molecule has 22 heavy (non-hydrogen) atoms. The first-order chi connectivity index (χ1) is 10.1. The van der Waals surface area contributed by atoms with Crippen LogP contribution in [0.3, 0.4) is 0 Å². The number of sulfonamides is 1. The van der Waals surface area contributed by atoms with Gasteiger partial charge in [0, 0.05) is 27.2 Å². The molecule has 0 aliphatic rings. The summed E-state index contributed by atoms with van der Waals surface area (Å²) in [4.78, 5) is 0. The average molecular weight is 351 g/mol. The number of hydrogen-bond acceptors (Lipinski definition) is 5. The lowest BCUT2D eigenvalue weighted by atomic mass is 10.3. The largest absolute Gasteiger partial charge is 0.495 e. The van der Waals surface area contributed by atoms with Crippen LogP contribution >= 0.6 is 0 Å². The number of methoxy groups -OCH3 is 1. The van der Waals surface area contributed by atoms with Crippen LogP contribution in [0.5, 0.6) is 5.75 Å². The van der Waals surface area contributed by atoms with Crippen LogP contribution in [-0.2, 0) is 20.2 Å². The summed E-state index contributed by atoms with van der Waals surface area (Å²) in [5.41, 5.74) is 0.358. The fraction of sp³-hybridized carbons (Fsp3) is 0.500. The number of nitrogens with one attached hydrogen (secondary N) is 1. The molecule has 8 nitrogen and oxygen atoms in total. The van der Waals surface area contributed by atoms with Crippen molar-refractivity contribution in [1.82, 2.24) is 9.03 Å². The van der Waals surface area contributed by atoms with E-state index in [1.54, 1.807) is 24.3 Å². The van der Waals surface area contributed by atoms with Gasteiger partial charge in [0.2, 0.25) is 10.0 Å². The minimum absolute atomic E-state index is 0.0493. The van der Waals surface area contributed by atoms with Gasteiger partial charge in [0.05, 0.1) is 19.1 Å². The zero-order valence-corrected chi connectivity index (χ0v) is 14.6. The summed E-state index contributed by atoms with van der Waals surface area (Å²) in [5.74, 6) is 0.392. The number of hydrogen-bond donors (Lipinski definition) is 1. The molecule has 0 saturated carbocycles. The number of ether oxygens (including phenoxy) is 1. The monoisotopic (exact) mass is 351 g/mol. The molecule has 10 heteroatoms. The van der Waals surface area contributed by atoms with E-state index in [1.165, 1.54) is 21.2 Å². The van der Waals surface area contributed by atoms with Crippen LogP contribution in [0.25, 0.3) is 0 Å². The van der Waals surface area contributed by atoms with Crippen molar-refractivity contribution in [2.24, 2.45) is 0 Å². The summed E-state index contributed by atoms with van der Waals surface area (Å²) in [5, 5.41) is 0. The molecule has 0 atom stereocenters. The van der Waals surface area contributed by atoms with Crippen molar-refractivity contribution in [1.29, 1.82) is 0 Å². The van der Waals surface area contributed by atoms with Gasteiger partial charge in [0.1, 0.15) is 5.75 Å². The summed E-state index contributed by atoms with van der Waals surface area (Å²) in [6.45, 7) is -0.113. The van der Waals surface area contributed by atoms with Crippen LogP contribution in [-0.4, -0.2) is 61.7 Å². The Morgan fingerprint density at radius 3 is 2.23 bits per heavy atom. The molecular weight excluding hydrogens is 330 g/mol. The first-order valence-electron chi connectivity index (χ1n) is 6.37. The van der Waals surface area contributed by atoms with Crippen LogP contribution in [0, 0.1) is 0 Å². The van der Waals surface area contributed by atoms with E-state index in [2.05, 4.69) is 4.72 Å². The molecule has 126 valence electrons. The van der Waals surface area contributed by atoms with Gasteiger partial charge >= 0.3 is 0 Å². The molecule has 0 aliphatic carbocycles. The fourth-order valence-corrected chi connectivity index (χ4v) is 3.24. The van der Waals surface area contributed by atoms with Gasteiger partial charge in [-0.15, -0.1) is 0 Å². The van der Waals surface area contributed by atoms with Crippen LogP contribution in [0.1, 0.15) is 0 Å². The maximum absolute atomic E-state index is 12.0. The normalized spacial score (nSPS) is 12.4. The highest BCUT2D eigenvalue weighted by atomic mass is 32.2. The van der Waals surface area contributed by atoms with Crippen LogP contribution in [0.15, 0.2) is 24.3 Å². The van der Waals surface area contributed by atoms with Gasteiger partial charge in [-0.3, -0.25) is 4.31 Å². The van der Waals surface area contributed by atoms with Gasteiger partial charge in [0.25, 0.3) is 10.2 Å². The van der Waals surface area contributed by atoms with Crippen molar-refractivity contribution in [2.75, 3.05) is 44.9 Å². The molecule has 0 radical (unpaired) electrons. The van der Waals surface area contributed by atoms with E-state index in [1.807, 2.05) is 0 Å². The van der Waals surface area contributed by atoms with E-state index in [4.69, 9.17) is 4.74 Å². The van der Waals surface area contributed by atoms with Crippen molar-refractivity contribution in [3.8, 4) is 5.75 Å². The zero-order valence-electron chi connectivity index (χ0n) is 13.0. The Kier molecular flexibility index (Phi) is 6.17. The van der Waals surface area contributed by atoms with E-state index >= 15 is 0 Å². The Hall–Kier alpha value is -1.36. The second-order valence-electron chi connectivity index (χ2n) is 4.69. The Morgan fingerprint density at radius 2 is 1.73 bits per heavy atom. The molecule has 1 N–H and O–H groups in total. The van der Waals surface area contributed by atoms with E-state index in [0.717, 1.165) is 14.9 Å². The maximum Gasteiger partial charge on any atom is 0.278 e. The van der Waals surface area contributed by atoms with Gasteiger partial charge in [-0.1, -0.05) is 12.1 Å².